The zero-order valence-corrected chi connectivity index (χ0v) is 9.52. The van der Waals surface area contributed by atoms with Crippen molar-refractivity contribution in [3.05, 3.63) is 12.2 Å². The van der Waals surface area contributed by atoms with E-state index in [0.29, 0.717) is 19.3 Å². The van der Waals surface area contributed by atoms with Crippen LogP contribution in [-0.4, -0.2) is 16.6 Å². The Kier molecular flexibility index (Phi) is 3.54. The second kappa shape index (κ2) is 4.20. The molecule has 0 saturated heterocycles. The van der Waals surface area contributed by atoms with Gasteiger partial charge in [0.1, 0.15) is 0 Å². The maximum absolute atomic E-state index is 12.9. The minimum absolute atomic E-state index is 0.0223. The molecular weight excluding hydrogens is 198 g/mol. The maximum atomic E-state index is 12.9. The Labute approximate surface area is 90.2 Å². The zero-order chi connectivity index (χ0) is 11.7. The Hall–Kier alpha value is -0.440. The van der Waals surface area contributed by atoms with E-state index in [1.807, 2.05) is 6.92 Å². The Morgan fingerprint density at radius 2 is 1.93 bits per heavy atom. The highest BCUT2D eigenvalue weighted by Crippen LogP contribution is 2.37. The number of alkyl halides is 2. The molecule has 1 aliphatic carbocycles. The second-order valence-electron chi connectivity index (χ2n) is 5.14. The van der Waals surface area contributed by atoms with Crippen LogP contribution in [-0.2, 0) is 0 Å². The maximum Gasteiger partial charge on any atom is 0.266 e. The van der Waals surface area contributed by atoms with Crippen LogP contribution in [0.15, 0.2) is 12.2 Å². The first kappa shape index (κ1) is 12.6. The molecular formula is C12H20F2O. The van der Waals surface area contributed by atoms with Crippen LogP contribution < -0.4 is 0 Å². The lowest BCUT2D eigenvalue weighted by atomic mass is 9.77. The topological polar surface area (TPSA) is 20.2 Å². The molecule has 0 atom stereocenters. The first-order valence-electron chi connectivity index (χ1n) is 5.49. The number of halogens is 2. The molecule has 1 rings (SSSR count). The third-order valence-electron chi connectivity index (χ3n) is 3.34. The molecule has 1 N–H and O–H groups in total. The molecule has 15 heavy (non-hydrogen) atoms. The number of allylic oxidation sites excluding steroid dienone is 1. The molecule has 0 heterocycles. The quantitative estimate of drug-likeness (QED) is 0.718. The Morgan fingerprint density at radius 3 is 2.33 bits per heavy atom. The molecule has 0 aliphatic heterocycles. The molecule has 3 heteroatoms. The van der Waals surface area contributed by atoms with E-state index in [0.717, 1.165) is 19.8 Å². The van der Waals surface area contributed by atoms with Crippen LogP contribution in [0.4, 0.5) is 8.78 Å². The van der Waals surface area contributed by atoms with Crippen LogP contribution in [0, 0.1) is 5.92 Å². The fourth-order valence-corrected chi connectivity index (χ4v) is 2.03. The van der Waals surface area contributed by atoms with Crippen LogP contribution in [0.2, 0.25) is 0 Å². The van der Waals surface area contributed by atoms with Gasteiger partial charge in [0.25, 0.3) is 5.92 Å². The highest BCUT2D eigenvalue weighted by atomic mass is 19.3. The van der Waals surface area contributed by atoms with Gasteiger partial charge in [0.15, 0.2) is 0 Å². The summed E-state index contributed by atoms with van der Waals surface area (Å²) in [5.41, 5.74) is -0.568. The fourth-order valence-electron chi connectivity index (χ4n) is 2.03. The van der Waals surface area contributed by atoms with Gasteiger partial charge >= 0.3 is 0 Å². The average molecular weight is 218 g/mol. The second-order valence-corrected chi connectivity index (χ2v) is 5.14. The van der Waals surface area contributed by atoms with Crippen molar-refractivity contribution >= 4 is 0 Å². The summed E-state index contributed by atoms with van der Waals surface area (Å²) < 4.78 is 25.7. The van der Waals surface area contributed by atoms with Crippen LogP contribution >= 0.6 is 0 Å². The first-order valence-corrected chi connectivity index (χ1v) is 5.49. The lowest BCUT2D eigenvalue weighted by Crippen LogP contribution is -2.31. The average Bonchev–Trinajstić information content (AvgIpc) is 2.07. The summed E-state index contributed by atoms with van der Waals surface area (Å²) in [5.74, 6) is -2.50. The normalized spacial score (nSPS) is 32.7. The number of aliphatic hydroxyl groups is 1. The summed E-state index contributed by atoms with van der Waals surface area (Å²) in [4.78, 5) is 0. The zero-order valence-electron chi connectivity index (χ0n) is 9.52. The van der Waals surface area contributed by atoms with E-state index in [-0.39, 0.29) is 11.5 Å². The Bertz CT molecular complexity index is 230. The number of hydrogen-bond acceptors (Lipinski definition) is 1. The van der Waals surface area contributed by atoms with Gasteiger partial charge in [-0.3, -0.25) is 0 Å². The standard InChI is InChI=1S/C12H20F2O/c1-9(12(3,13)14)8-10-4-6-11(2,15)7-5-10/h10,15H,1,4-8H2,2-3H3. The molecule has 1 saturated carbocycles. The molecule has 0 bridgehead atoms. The van der Waals surface area contributed by atoms with Gasteiger partial charge in [-0.15, -0.1) is 0 Å². The van der Waals surface area contributed by atoms with Crippen molar-refractivity contribution < 1.29 is 13.9 Å². The van der Waals surface area contributed by atoms with Crippen molar-refractivity contribution in [2.45, 2.75) is 57.5 Å². The molecule has 0 spiro atoms. The van der Waals surface area contributed by atoms with Gasteiger partial charge in [-0.2, -0.15) is 0 Å². The smallest absolute Gasteiger partial charge is 0.266 e. The van der Waals surface area contributed by atoms with Crippen LogP contribution in [0.3, 0.4) is 0 Å². The van der Waals surface area contributed by atoms with E-state index < -0.39 is 11.5 Å². The number of rotatable bonds is 3. The third-order valence-corrected chi connectivity index (χ3v) is 3.34. The molecule has 0 aromatic rings. The Morgan fingerprint density at radius 1 is 1.47 bits per heavy atom. The molecule has 0 radical (unpaired) electrons. The molecule has 1 fully saturated rings. The summed E-state index contributed by atoms with van der Waals surface area (Å²) in [6, 6.07) is 0. The van der Waals surface area contributed by atoms with Crippen molar-refractivity contribution in [1.29, 1.82) is 0 Å². The first-order chi connectivity index (χ1) is 6.71. The highest BCUT2D eigenvalue weighted by molar-refractivity contribution is 5.07. The summed E-state index contributed by atoms with van der Waals surface area (Å²) >= 11 is 0. The van der Waals surface area contributed by atoms with Gasteiger partial charge in [-0.05, 0) is 50.5 Å². The summed E-state index contributed by atoms with van der Waals surface area (Å²) in [6.45, 7) is 6.15. The van der Waals surface area contributed by atoms with E-state index >= 15 is 0 Å². The minimum Gasteiger partial charge on any atom is -0.390 e. The van der Waals surface area contributed by atoms with Crippen molar-refractivity contribution in [2.75, 3.05) is 0 Å². The third kappa shape index (κ3) is 3.90. The number of hydrogen-bond donors (Lipinski definition) is 1. The van der Waals surface area contributed by atoms with Gasteiger partial charge < -0.3 is 5.11 Å². The lowest BCUT2D eigenvalue weighted by molar-refractivity contribution is 0.00458. The highest BCUT2D eigenvalue weighted by Gasteiger charge is 2.32. The van der Waals surface area contributed by atoms with Crippen molar-refractivity contribution in [2.24, 2.45) is 5.92 Å². The molecule has 1 aliphatic rings. The summed E-state index contributed by atoms with van der Waals surface area (Å²) in [5, 5.41) is 9.72. The van der Waals surface area contributed by atoms with Crippen LogP contribution in [0.25, 0.3) is 0 Å². The fraction of sp³-hybridized carbons (Fsp3) is 0.833. The van der Waals surface area contributed by atoms with Gasteiger partial charge in [0.2, 0.25) is 0 Å². The molecule has 0 amide bonds. The van der Waals surface area contributed by atoms with E-state index in [2.05, 4.69) is 6.58 Å². The summed E-state index contributed by atoms with van der Waals surface area (Å²) in [7, 11) is 0. The monoisotopic (exact) mass is 218 g/mol. The molecule has 0 aromatic carbocycles. The van der Waals surface area contributed by atoms with Gasteiger partial charge in [-0.25, -0.2) is 8.78 Å². The lowest BCUT2D eigenvalue weighted by Gasteiger charge is -2.33. The van der Waals surface area contributed by atoms with Crippen LogP contribution in [0.5, 0.6) is 0 Å². The van der Waals surface area contributed by atoms with Crippen molar-refractivity contribution in [1.82, 2.24) is 0 Å². The minimum atomic E-state index is -2.76. The van der Waals surface area contributed by atoms with E-state index in [1.54, 1.807) is 0 Å². The Balaban J connectivity index is 2.40. The van der Waals surface area contributed by atoms with Crippen molar-refractivity contribution in [3.8, 4) is 0 Å². The van der Waals surface area contributed by atoms with Crippen LogP contribution in [0.1, 0.15) is 46.0 Å². The molecule has 1 nitrogen and oxygen atoms in total. The SMILES string of the molecule is C=C(CC1CCC(C)(O)CC1)C(C)(F)F. The van der Waals surface area contributed by atoms with E-state index in [1.165, 1.54) is 0 Å². The van der Waals surface area contributed by atoms with E-state index in [9.17, 15) is 13.9 Å². The predicted octanol–water partition coefficient (Wildman–Crippen LogP) is 3.53. The molecule has 88 valence electrons. The van der Waals surface area contributed by atoms with Gasteiger partial charge in [0, 0.05) is 6.92 Å². The molecule has 0 aromatic heterocycles. The predicted molar refractivity (Wildman–Crippen MR) is 57.0 cm³/mol. The van der Waals surface area contributed by atoms with Gasteiger partial charge in [-0.1, -0.05) is 6.58 Å². The van der Waals surface area contributed by atoms with Gasteiger partial charge in [0.05, 0.1) is 5.60 Å². The summed E-state index contributed by atoms with van der Waals surface area (Å²) in [6.07, 6.45) is 3.45. The largest absolute Gasteiger partial charge is 0.390 e. The molecule has 0 unspecified atom stereocenters. The van der Waals surface area contributed by atoms with Crippen molar-refractivity contribution in [3.63, 3.8) is 0 Å². The van der Waals surface area contributed by atoms with E-state index in [4.69, 9.17) is 0 Å².